The van der Waals surface area contributed by atoms with Crippen molar-refractivity contribution in [3.8, 4) is 11.1 Å². The van der Waals surface area contributed by atoms with Gasteiger partial charge >= 0.3 is 5.97 Å². The zero-order chi connectivity index (χ0) is 20.6. The fourth-order valence-electron chi connectivity index (χ4n) is 3.12. The molecule has 0 aliphatic heterocycles. The van der Waals surface area contributed by atoms with Crippen LogP contribution < -0.4 is 0 Å². The van der Waals surface area contributed by atoms with E-state index in [1.54, 1.807) is 17.5 Å². The van der Waals surface area contributed by atoms with E-state index >= 15 is 0 Å². The molecule has 3 aromatic rings. The molecule has 29 heavy (non-hydrogen) atoms. The molecule has 0 fully saturated rings. The van der Waals surface area contributed by atoms with Crippen molar-refractivity contribution in [2.75, 3.05) is 0 Å². The average Bonchev–Trinajstić information content (AvgIpc) is 2.73. The Morgan fingerprint density at radius 2 is 1.66 bits per heavy atom. The second-order valence-corrected chi connectivity index (χ2v) is 7.74. The molecule has 0 heterocycles. The molecular weight excluding hydrogens is 404 g/mol. The summed E-state index contributed by atoms with van der Waals surface area (Å²) in [6.07, 6.45) is 0.762. The Balaban J connectivity index is 2.09. The molecule has 0 radical (unpaired) electrons. The minimum absolute atomic E-state index is 0.0253. The number of aldehydes is 1. The van der Waals surface area contributed by atoms with Crippen molar-refractivity contribution < 1.29 is 14.7 Å². The minimum atomic E-state index is -1.02. The molecule has 3 nitrogen and oxygen atoms in total. The summed E-state index contributed by atoms with van der Waals surface area (Å²) < 4.78 is 0. The van der Waals surface area contributed by atoms with Crippen molar-refractivity contribution in [3.63, 3.8) is 0 Å². The fraction of sp³-hybridized carbons (Fsp3) is 0.0833. The topological polar surface area (TPSA) is 54.4 Å². The summed E-state index contributed by atoms with van der Waals surface area (Å²) in [5, 5.41) is 12.3. The first-order chi connectivity index (χ1) is 14.1. The van der Waals surface area contributed by atoms with E-state index < -0.39 is 11.9 Å². The molecule has 5 heteroatoms. The normalized spacial score (nSPS) is 12.4. The predicted octanol–water partition coefficient (Wildman–Crippen LogP) is 6.44. The predicted molar refractivity (Wildman–Crippen MR) is 118 cm³/mol. The number of aliphatic carboxylic acids is 1. The molecule has 1 atom stereocenters. The van der Waals surface area contributed by atoms with Crippen molar-refractivity contribution >= 4 is 35.6 Å². The lowest BCUT2D eigenvalue weighted by atomic mass is 9.85. The summed E-state index contributed by atoms with van der Waals surface area (Å²) in [6.45, 7) is 0. The summed E-state index contributed by atoms with van der Waals surface area (Å²) in [6, 6.07) is 24.4. The van der Waals surface area contributed by atoms with Crippen LogP contribution >= 0.6 is 23.4 Å². The number of hydrogen-bond acceptors (Lipinski definition) is 3. The van der Waals surface area contributed by atoms with Crippen LogP contribution in [0.25, 0.3) is 11.1 Å². The van der Waals surface area contributed by atoms with Gasteiger partial charge in [-0.05, 0) is 51.9 Å². The van der Waals surface area contributed by atoms with Crippen LogP contribution in [0.5, 0.6) is 0 Å². The maximum atomic E-state index is 12.3. The smallest absolute Gasteiger partial charge is 0.315 e. The molecule has 3 aromatic carbocycles. The van der Waals surface area contributed by atoms with Gasteiger partial charge < -0.3 is 9.90 Å². The lowest BCUT2D eigenvalue weighted by molar-refractivity contribution is -0.137. The van der Waals surface area contributed by atoms with Gasteiger partial charge in [0.2, 0.25) is 0 Å². The Kier molecular flexibility index (Phi) is 7.28. The van der Waals surface area contributed by atoms with E-state index in [1.165, 1.54) is 11.8 Å². The first kappa shape index (κ1) is 20.9. The van der Waals surface area contributed by atoms with Crippen LogP contribution in [0, 0.1) is 0 Å². The zero-order valence-electron chi connectivity index (χ0n) is 15.5. The molecule has 0 aliphatic carbocycles. The SMILES string of the molecule is O=CCC(=CSc1ccccc1)C(C(=O)O)c1cc(Cl)ccc1-c1ccccc1. The maximum Gasteiger partial charge on any atom is 0.315 e. The molecule has 3 rings (SSSR count). The Bertz CT molecular complexity index is 1020. The van der Waals surface area contributed by atoms with Crippen molar-refractivity contribution in [3.05, 3.63) is 100 Å². The highest BCUT2D eigenvalue weighted by molar-refractivity contribution is 8.02. The van der Waals surface area contributed by atoms with Gasteiger partial charge in [0.25, 0.3) is 0 Å². The van der Waals surface area contributed by atoms with Crippen LogP contribution in [0.4, 0.5) is 0 Å². The average molecular weight is 423 g/mol. The Hall–Kier alpha value is -2.82. The number of benzene rings is 3. The third-order valence-corrected chi connectivity index (χ3v) is 5.64. The number of carboxylic acid groups (broad SMARTS) is 1. The van der Waals surface area contributed by atoms with E-state index in [-0.39, 0.29) is 6.42 Å². The number of halogens is 1. The second kappa shape index (κ2) is 10.1. The van der Waals surface area contributed by atoms with Crippen molar-refractivity contribution in [2.45, 2.75) is 17.2 Å². The summed E-state index contributed by atoms with van der Waals surface area (Å²) in [5.41, 5.74) is 2.76. The van der Waals surface area contributed by atoms with Gasteiger partial charge in [-0.1, -0.05) is 78.0 Å². The van der Waals surface area contributed by atoms with E-state index in [1.807, 2.05) is 66.7 Å². The largest absolute Gasteiger partial charge is 0.481 e. The van der Waals surface area contributed by atoms with Crippen LogP contribution in [0.3, 0.4) is 0 Å². The second-order valence-electron chi connectivity index (χ2n) is 6.36. The Labute approximate surface area is 179 Å². The molecule has 0 saturated carbocycles. The summed E-state index contributed by atoms with van der Waals surface area (Å²) in [5.74, 6) is -2.00. The molecule has 146 valence electrons. The summed E-state index contributed by atoms with van der Waals surface area (Å²) in [7, 11) is 0. The van der Waals surface area contributed by atoms with Gasteiger partial charge in [0, 0.05) is 16.3 Å². The monoisotopic (exact) mass is 422 g/mol. The summed E-state index contributed by atoms with van der Waals surface area (Å²) >= 11 is 7.62. The van der Waals surface area contributed by atoms with Crippen molar-refractivity contribution in [1.82, 2.24) is 0 Å². The Morgan fingerprint density at radius 3 is 2.28 bits per heavy atom. The van der Waals surface area contributed by atoms with E-state index in [4.69, 9.17) is 11.6 Å². The van der Waals surface area contributed by atoms with Gasteiger partial charge in [0.05, 0.1) is 0 Å². The van der Waals surface area contributed by atoms with E-state index in [9.17, 15) is 14.7 Å². The highest BCUT2D eigenvalue weighted by atomic mass is 35.5. The molecule has 0 saturated heterocycles. The van der Waals surface area contributed by atoms with Gasteiger partial charge in [-0.15, -0.1) is 0 Å². The van der Waals surface area contributed by atoms with E-state index in [0.717, 1.165) is 22.3 Å². The highest BCUT2D eigenvalue weighted by Gasteiger charge is 2.27. The molecule has 1 N–H and O–H groups in total. The van der Waals surface area contributed by atoms with Crippen LogP contribution in [0.15, 0.2) is 94.7 Å². The minimum Gasteiger partial charge on any atom is -0.481 e. The van der Waals surface area contributed by atoms with Gasteiger partial charge in [0.1, 0.15) is 12.2 Å². The lowest BCUT2D eigenvalue weighted by Crippen LogP contribution is -2.16. The quantitative estimate of drug-likeness (QED) is 0.335. The molecule has 0 aliphatic rings. The highest BCUT2D eigenvalue weighted by Crippen LogP contribution is 2.38. The first-order valence-corrected chi connectivity index (χ1v) is 10.3. The number of hydrogen-bond donors (Lipinski definition) is 1. The van der Waals surface area contributed by atoms with Crippen LogP contribution in [-0.2, 0) is 9.59 Å². The standard InChI is InChI=1S/C24H19ClO3S/c25-19-11-12-21(17-7-3-1-4-8-17)22(15-19)23(24(27)28)18(13-14-26)16-29-20-9-5-2-6-10-20/h1-12,14-16,23H,13H2,(H,27,28). The third-order valence-electron chi connectivity index (χ3n) is 4.44. The van der Waals surface area contributed by atoms with Gasteiger partial charge in [-0.25, -0.2) is 0 Å². The third kappa shape index (κ3) is 5.37. The number of carbonyl (C=O) groups excluding carboxylic acids is 1. The van der Waals surface area contributed by atoms with E-state index in [2.05, 4.69) is 0 Å². The van der Waals surface area contributed by atoms with Gasteiger partial charge in [-0.2, -0.15) is 0 Å². The number of rotatable bonds is 8. The van der Waals surface area contributed by atoms with E-state index in [0.29, 0.717) is 16.2 Å². The molecule has 1 unspecified atom stereocenters. The van der Waals surface area contributed by atoms with Crippen LogP contribution in [0.2, 0.25) is 5.02 Å². The van der Waals surface area contributed by atoms with Gasteiger partial charge in [0.15, 0.2) is 0 Å². The maximum absolute atomic E-state index is 12.3. The van der Waals surface area contributed by atoms with Crippen molar-refractivity contribution in [2.24, 2.45) is 0 Å². The van der Waals surface area contributed by atoms with Crippen LogP contribution in [-0.4, -0.2) is 17.4 Å². The van der Waals surface area contributed by atoms with Gasteiger partial charge in [-0.3, -0.25) is 4.79 Å². The fourth-order valence-corrected chi connectivity index (χ4v) is 4.13. The first-order valence-electron chi connectivity index (χ1n) is 9.02. The molecule has 0 aromatic heterocycles. The molecule has 0 spiro atoms. The molecular formula is C24H19ClO3S. The molecule has 0 bridgehead atoms. The Morgan fingerprint density at radius 1 is 1.00 bits per heavy atom. The lowest BCUT2D eigenvalue weighted by Gasteiger charge is -2.20. The number of carbonyl (C=O) groups is 2. The number of carboxylic acids is 1. The zero-order valence-corrected chi connectivity index (χ0v) is 17.1. The summed E-state index contributed by atoms with van der Waals surface area (Å²) in [4.78, 5) is 24.6. The molecule has 0 amide bonds. The van der Waals surface area contributed by atoms with Crippen molar-refractivity contribution in [1.29, 1.82) is 0 Å². The number of thioether (sulfide) groups is 1. The van der Waals surface area contributed by atoms with Crippen LogP contribution in [0.1, 0.15) is 17.9 Å².